The van der Waals surface area contributed by atoms with Crippen LogP contribution in [0.1, 0.15) is 130 Å². The van der Waals surface area contributed by atoms with E-state index in [1.165, 1.54) is 109 Å². The van der Waals surface area contributed by atoms with Gasteiger partial charge in [0.1, 0.15) is 0 Å². The van der Waals surface area contributed by atoms with Crippen molar-refractivity contribution in [3.8, 4) is 0 Å². The molecule has 0 saturated carbocycles. The summed E-state index contributed by atoms with van der Waals surface area (Å²) >= 11 is 0. The minimum Gasteiger partial charge on any atom is -0.379 e. The van der Waals surface area contributed by atoms with Crippen LogP contribution in [0.15, 0.2) is 0 Å². The second kappa shape index (κ2) is 24.0. The lowest BCUT2D eigenvalue weighted by Crippen LogP contribution is -2.10. The highest BCUT2D eigenvalue weighted by Crippen LogP contribution is 2.13. The van der Waals surface area contributed by atoms with Gasteiger partial charge in [-0.2, -0.15) is 0 Å². The lowest BCUT2D eigenvalue weighted by atomic mass is 10.0. The molecule has 27 heavy (non-hydrogen) atoms. The summed E-state index contributed by atoms with van der Waals surface area (Å²) in [7, 11) is 0. The molecular weight excluding hydrogens is 332 g/mol. The van der Waals surface area contributed by atoms with Crippen molar-refractivity contribution in [2.24, 2.45) is 5.92 Å². The molecule has 0 amide bonds. The van der Waals surface area contributed by atoms with Crippen molar-refractivity contribution >= 4 is 0 Å². The van der Waals surface area contributed by atoms with Crippen LogP contribution in [-0.4, -0.2) is 26.4 Å². The molecule has 0 spiro atoms. The van der Waals surface area contributed by atoms with Gasteiger partial charge in [-0.15, -0.1) is 0 Å². The molecule has 0 aromatic rings. The first kappa shape index (κ1) is 26.9. The second-order valence-corrected chi connectivity index (χ2v) is 8.50. The van der Waals surface area contributed by atoms with Gasteiger partial charge >= 0.3 is 0 Å². The number of hydrogen-bond donors (Lipinski definition) is 0. The summed E-state index contributed by atoms with van der Waals surface area (Å²) in [5.41, 5.74) is 0. The molecule has 164 valence electrons. The summed E-state index contributed by atoms with van der Waals surface area (Å²) in [6.45, 7) is 10.0. The second-order valence-electron chi connectivity index (χ2n) is 8.50. The minimum atomic E-state index is 0.672. The van der Waals surface area contributed by atoms with Gasteiger partial charge in [-0.3, -0.25) is 0 Å². The van der Waals surface area contributed by atoms with E-state index in [0.717, 1.165) is 26.4 Å². The lowest BCUT2D eigenvalue weighted by molar-refractivity contribution is 0.0340. The van der Waals surface area contributed by atoms with E-state index in [-0.39, 0.29) is 0 Å². The Morgan fingerprint density at radius 3 is 1.33 bits per heavy atom. The Morgan fingerprint density at radius 1 is 0.481 bits per heavy atom. The molecule has 1 unspecified atom stereocenters. The van der Waals surface area contributed by atoms with Crippen molar-refractivity contribution < 1.29 is 9.47 Å². The van der Waals surface area contributed by atoms with Gasteiger partial charge in [0.15, 0.2) is 0 Å². The molecule has 0 fully saturated rings. The maximum atomic E-state index is 5.64. The quantitative estimate of drug-likeness (QED) is 0.165. The van der Waals surface area contributed by atoms with Gasteiger partial charge in [-0.25, -0.2) is 0 Å². The molecule has 0 heterocycles. The summed E-state index contributed by atoms with van der Waals surface area (Å²) in [5.74, 6) is 0.672. The van der Waals surface area contributed by atoms with E-state index in [4.69, 9.17) is 9.47 Å². The molecule has 2 nitrogen and oxygen atoms in total. The molecule has 0 aromatic heterocycles. The fraction of sp³-hybridized carbons (Fsp3) is 1.00. The van der Waals surface area contributed by atoms with Gasteiger partial charge in [0, 0.05) is 13.2 Å². The summed E-state index contributed by atoms with van der Waals surface area (Å²) in [6.07, 6.45) is 23.9. The van der Waals surface area contributed by atoms with E-state index in [9.17, 15) is 0 Å². The molecule has 0 aliphatic heterocycles. The maximum absolute atomic E-state index is 5.64. The molecule has 0 aromatic carbocycles. The highest BCUT2D eigenvalue weighted by Gasteiger charge is 1.98. The van der Waals surface area contributed by atoms with Gasteiger partial charge in [0.2, 0.25) is 0 Å². The first-order valence-corrected chi connectivity index (χ1v) is 12.5. The summed E-state index contributed by atoms with van der Waals surface area (Å²) in [5, 5.41) is 0. The minimum absolute atomic E-state index is 0.672. The standard InChI is InChI=1S/C25H52O2/c1-4-6-7-8-9-10-11-12-13-14-15-16-17-18-19-20-21-26-22-23-27-24-25(3)5-2/h25H,4-24H2,1-3H3. The Bertz CT molecular complexity index is 255. The molecule has 0 radical (unpaired) electrons. The summed E-state index contributed by atoms with van der Waals surface area (Å²) in [6, 6.07) is 0. The monoisotopic (exact) mass is 384 g/mol. The number of hydrogen-bond acceptors (Lipinski definition) is 2. The molecule has 0 aliphatic carbocycles. The highest BCUT2D eigenvalue weighted by atomic mass is 16.5. The third kappa shape index (κ3) is 23.9. The van der Waals surface area contributed by atoms with Gasteiger partial charge in [0.25, 0.3) is 0 Å². The van der Waals surface area contributed by atoms with Crippen molar-refractivity contribution in [3.63, 3.8) is 0 Å². The van der Waals surface area contributed by atoms with E-state index in [0.29, 0.717) is 5.92 Å². The van der Waals surface area contributed by atoms with E-state index in [1.807, 2.05) is 0 Å². The van der Waals surface area contributed by atoms with Crippen LogP contribution in [0.2, 0.25) is 0 Å². The third-order valence-electron chi connectivity index (χ3n) is 5.61. The van der Waals surface area contributed by atoms with E-state index in [1.54, 1.807) is 0 Å². The van der Waals surface area contributed by atoms with Crippen molar-refractivity contribution in [2.45, 2.75) is 130 Å². The first-order valence-electron chi connectivity index (χ1n) is 12.5. The first-order chi connectivity index (χ1) is 13.3. The molecular formula is C25H52O2. The molecule has 0 aliphatic rings. The predicted molar refractivity (Wildman–Crippen MR) is 121 cm³/mol. The van der Waals surface area contributed by atoms with Crippen LogP contribution in [0.4, 0.5) is 0 Å². The van der Waals surface area contributed by atoms with Crippen LogP contribution in [0.5, 0.6) is 0 Å². The largest absolute Gasteiger partial charge is 0.379 e. The number of rotatable bonds is 23. The zero-order valence-corrected chi connectivity index (χ0v) is 19.2. The number of unbranched alkanes of at least 4 members (excludes halogenated alkanes) is 15. The van der Waals surface area contributed by atoms with Gasteiger partial charge in [-0.1, -0.05) is 124 Å². The molecule has 2 heteroatoms. The number of ether oxygens (including phenoxy) is 2. The van der Waals surface area contributed by atoms with Gasteiger partial charge in [-0.05, 0) is 12.3 Å². The van der Waals surface area contributed by atoms with Crippen molar-refractivity contribution in [1.82, 2.24) is 0 Å². The fourth-order valence-electron chi connectivity index (χ4n) is 3.37. The van der Waals surface area contributed by atoms with Crippen LogP contribution in [0, 0.1) is 5.92 Å². The van der Waals surface area contributed by atoms with Crippen LogP contribution in [0.3, 0.4) is 0 Å². The van der Waals surface area contributed by atoms with E-state index >= 15 is 0 Å². The zero-order valence-electron chi connectivity index (χ0n) is 19.2. The Kier molecular flexibility index (Phi) is 23.9. The van der Waals surface area contributed by atoms with E-state index in [2.05, 4.69) is 20.8 Å². The third-order valence-corrected chi connectivity index (χ3v) is 5.61. The van der Waals surface area contributed by atoms with E-state index < -0.39 is 0 Å². The highest BCUT2D eigenvalue weighted by molar-refractivity contribution is 4.50. The average molecular weight is 385 g/mol. The van der Waals surface area contributed by atoms with Gasteiger partial charge < -0.3 is 9.47 Å². The molecule has 0 N–H and O–H groups in total. The fourth-order valence-corrected chi connectivity index (χ4v) is 3.37. The van der Waals surface area contributed by atoms with Crippen molar-refractivity contribution in [1.29, 1.82) is 0 Å². The van der Waals surface area contributed by atoms with Crippen LogP contribution in [0.25, 0.3) is 0 Å². The van der Waals surface area contributed by atoms with Crippen LogP contribution >= 0.6 is 0 Å². The normalized spacial score (nSPS) is 12.6. The Hall–Kier alpha value is -0.0800. The topological polar surface area (TPSA) is 18.5 Å². The van der Waals surface area contributed by atoms with Gasteiger partial charge in [0.05, 0.1) is 13.2 Å². The maximum Gasteiger partial charge on any atom is 0.0700 e. The smallest absolute Gasteiger partial charge is 0.0700 e. The average Bonchev–Trinajstić information content (AvgIpc) is 2.68. The lowest BCUT2D eigenvalue weighted by Gasteiger charge is -2.09. The summed E-state index contributed by atoms with van der Waals surface area (Å²) in [4.78, 5) is 0. The Balaban J connectivity index is 2.99. The summed E-state index contributed by atoms with van der Waals surface area (Å²) < 4.78 is 11.2. The SMILES string of the molecule is CCCCCCCCCCCCCCCCCCOCCOCC(C)CC. The zero-order chi connectivity index (χ0) is 19.8. The van der Waals surface area contributed by atoms with Crippen molar-refractivity contribution in [3.05, 3.63) is 0 Å². The Morgan fingerprint density at radius 2 is 0.889 bits per heavy atom. The Labute approximate surface area is 172 Å². The van der Waals surface area contributed by atoms with Crippen molar-refractivity contribution in [2.75, 3.05) is 26.4 Å². The molecule has 0 rings (SSSR count). The molecule has 0 saturated heterocycles. The van der Waals surface area contributed by atoms with Crippen LogP contribution < -0.4 is 0 Å². The van der Waals surface area contributed by atoms with Crippen LogP contribution in [-0.2, 0) is 9.47 Å². The predicted octanol–water partition coefficient (Wildman–Crippen LogP) is 8.33. The molecule has 0 bridgehead atoms. The molecule has 1 atom stereocenters.